The van der Waals surface area contributed by atoms with Gasteiger partial charge >= 0.3 is 0 Å². The van der Waals surface area contributed by atoms with E-state index in [2.05, 4.69) is 5.32 Å². The number of nitrogens with two attached hydrogens (primary N) is 1. The van der Waals surface area contributed by atoms with Crippen molar-refractivity contribution in [2.75, 3.05) is 42.1 Å². The Kier molecular flexibility index (Phi) is 5.67. The van der Waals surface area contributed by atoms with E-state index >= 15 is 0 Å². The summed E-state index contributed by atoms with van der Waals surface area (Å²) in [6.45, 7) is 5.34. The van der Waals surface area contributed by atoms with Crippen LogP contribution in [0.4, 0.5) is 22.7 Å². The molecule has 0 radical (unpaired) electrons. The number of hydrogen-bond acceptors (Lipinski definition) is 6. The molecule has 3 N–H and O–H groups in total. The molecule has 9 heteroatoms. The van der Waals surface area contributed by atoms with Crippen molar-refractivity contribution in [3.05, 3.63) is 57.6 Å². The van der Waals surface area contributed by atoms with Gasteiger partial charge in [0.2, 0.25) is 5.91 Å². The van der Waals surface area contributed by atoms with Gasteiger partial charge < -0.3 is 20.9 Å². The van der Waals surface area contributed by atoms with E-state index in [0.717, 1.165) is 5.56 Å². The number of carbonyl (C=O) groups excluding carboxylic acids is 2. The van der Waals surface area contributed by atoms with Gasteiger partial charge in [0, 0.05) is 56.1 Å². The molecular formula is C20H23N5O4. The first-order valence-corrected chi connectivity index (χ1v) is 9.22. The van der Waals surface area contributed by atoms with E-state index in [1.54, 1.807) is 35.2 Å². The van der Waals surface area contributed by atoms with Crippen LogP contribution in [0.15, 0.2) is 36.4 Å². The van der Waals surface area contributed by atoms with Crippen LogP contribution >= 0.6 is 0 Å². The maximum Gasteiger partial charge on any atom is 0.293 e. The lowest BCUT2D eigenvalue weighted by Crippen LogP contribution is -2.48. The Hall–Kier alpha value is -3.62. The van der Waals surface area contributed by atoms with Crippen molar-refractivity contribution >= 4 is 34.6 Å². The number of nitrogens with one attached hydrogen (secondary N) is 1. The van der Waals surface area contributed by atoms with E-state index in [0.29, 0.717) is 43.2 Å². The molecule has 0 aromatic heterocycles. The molecule has 152 valence electrons. The van der Waals surface area contributed by atoms with Crippen LogP contribution in [0.3, 0.4) is 0 Å². The zero-order valence-electron chi connectivity index (χ0n) is 16.3. The van der Waals surface area contributed by atoms with Crippen LogP contribution in [0, 0.1) is 17.0 Å². The van der Waals surface area contributed by atoms with E-state index in [1.165, 1.54) is 13.0 Å². The molecule has 2 aromatic carbocycles. The maximum atomic E-state index is 12.6. The van der Waals surface area contributed by atoms with Crippen LogP contribution in [0.2, 0.25) is 0 Å². The molecular weight excluding hydrogens is 374 g/mol. The van der Waals surface area contributed by atoms with Crippen LogP contribution in [0.5, 0.6) is 0 Å². The highest BCUT2D eigenvalue weighted by molar-refractivity contribution is 6.05. The van der Waals surface area contributed by atoms with E-state index in [4.69, 9.17) is 5.73 Å². The molecule has 2 amide bonds. The molecule has 9 nitrogen and oxygen atoms in total. The highest BCUT2D eigenvalue weighted by Gasteiger charge is 2.26. The molecule has 0 saturated carbocycles. The minimum absolute atomic E-state index is 0.0111. The number of rotatable bonds is 4. The Balaban J connectivity index is 1.82. The minimum Gasteiger partial charge on any atom is -0.399 e. The van der Waals surface area contributed by atoms with Gasteiger partial charge in [-0.15, -0.1) is 0 Å². The summed E-state index contributed by atoms with van der Waals surface area (Å²) in [4.78, 5) is 38.8. The largest absolute Gasteiger partial charge is 0.399 e. The molecule has 0 atom stereocenters. The van der Waals surface area contributed by atoms with Gasteiger partial charge in [-0.05, 0) is 36.8 Å². The molecule has 3 rings (SSSR count). The zero-order chi connectivity index (χ0) is 21.1. The number of carbonyl (C=O) groups is 2. The van der Waals surface area contributed by atoms with Crippen molar-refractivity contribution < 1.29 is 14.5 Å². The molecule has 1 aliphatic rings. The van der Waals surface area contributed by atoms with Gasteiger partial charge in [-0.25, -0.2) is 0 Å². The van der Waals surface area contributed by atoms with Crippen molar-refractivity contribution in [3.63, 3.8) is 0 Å². The summed E-state index contributed by atoms with van der Waals surface area (Å²) in [6.07, 6.45) is 0. The second kappa shape index (κ2) is 8.17. The molecule has 0 unspecified atom stereocenters. The first kappa shape index (κ1) is 20.1. The third kappa shape index (κ3) is 4.45. The fourth-order valence-corrected chi connectivity index (χ4v) is 3.31. The Bertz CT molecular complexity index is 967. The van der Waals surface area contributed by atoms with Crippen molar-refractivity contribution in [3.8, 4) is 0 Å². The number of hydrogen-bond donors (Lipinski definition) is 2. The third-order valence-corrected chi connectivity index (χ3v) is 5.01. The molecule has 0 spiro atoms. The van der Waals surface area contributed by atoms with Crippen LogP contribution in [0.1, 0.15) is 22.8 Å². The van der Waals surface area contributed by atoms with Crippen molar-refractivity contribution in [1.29, 1.82) is 0 Å². The highest BCUT2D eigenvalue weighted by atomic mass is 16.6. The Morgan fingerprint density at radius 2 is 1.79 bits per heavy atom. The first-order valence-electron chi connectivity index (χ1n) is 9.22. The average molecular weight is 397 g/mol. The van der Waals surface area contributed by atoms with Gasteiger partial charge in [-0.1, -0.05) is 6.07 Å². The molecule has 0 aliphatic carbocycles. The Morgan fingerprint density at radius 3 is 2.41 bits per heavy atom. The van der Waals surface area contributed by atoms with Gasteiger partial charge in [0.25, 0.3) is 11.6 Å². The summed E-state index contributed by atoms with van der Waals surface area (Å²) in [5.74, 6) is -0.460. The second-order valence-corrected chi connectivity index (χ2v) is 6.98. The summed E-state index contributed by atoms with van der Waals surface area (Å²) in [6, 6.07) is 9.60. The van der Waals surface area contributed by atoms with Gasteiger partial charge in [-0.2, -0.15) is 0 Å². The van der Waals surface area contributed by atoms with Crippen molar-refractivity contribution in [2.45, 2.75) is 13.8 Å². The topological polar surface area (TPSA) is 122 Å². The predicted octanol–water partition coefficient (Wildman–Crippen LogP) is 2.41. The lowest BCUT2D eigenvalue weighted by molar-refractivity contribution is -0.384. The summed E-state index contributed by atoms with van der Waals surface area (Å²) < 4.78 is 0. The number of aryl methyl sites for hydroxylation is 1. The molecule has 1 aliphatic heterocycles. The van der Waals surface area contributed by atoms with E-state index in [9.17, 15) is 19.7 Å². The van der Waals surface area contributed by atoms with Gasteiger partial charge in [0.05, 0.1) is 4.92 Å². The predicted molar refractivity (Wildman–Crippen MR) is 111 cm³/mol. The second-order valence-electron chi connectivity index (χ2n) is 6.98. The number of nitro groups is 1. The fraction of sp³-hybridized carbons (Fsp3) is 0.300. The maximum absolute atomic E-state index is 12.6. The number of nitrogens with zero attached hydrogens (tertiary/aromatic N) is 3. The lowest BCUT2D eigenvalue weighted by Gasteiger charge is -2.35. The van der Waals surface area contributed by atoms with Gasteiger partial charge in [0.15, 0.2) is 0 Å². The zero-order valence-corrected chi connectivity index (χ0v) is 16.3. The van der Waals surface area contributed by atoms with Crippen LogP contribution in [-0.2, 0) is 4.79 Å². The quantitative estimate of drug-likeness (QED) is 0.464. The van der Waals surface area contributed by atoms with Crippen LogP contribution in [0.25, 0.3) is 0 Å². The molecule has 29 heavy (non-hydrogen) atoms. The number of amides is 2. The number of nitrogen functional groups attached to an aromatic ring is 1. The molecule has 0 bridgehead atoms. The molecule has 1 saturated heterocycles. The summed E-state index contributed by atoms with van der Waals surface area (Å²) >= 11 is 0. The van der Waals surface area contributed by atoms with Crippen molar-refractivity contribution in [2.24, 2.45) is 0 Å². The Morgan fingerprint density at radius 1 is 1.10 bits per heavy atom. The van der Waals surface area contributed by atoms with E-state index in [-0.39, 0.29) is 17.2 Å². The first-order chi connectivity index (χ1) is 13.8. The fourth-order valence-electron chi connectivity index (χ4n) is 3.31. The number of piperazine rings is 1. The molecule has 1 heterocycles. The SMILES string of the molecule is CC(=O)N1CCN(c2ccc(C(=O)Nc3cc(N)ccc3C)cc2[N+](=O)[O-])CC1. The van der Waals surface area contributed by atoms with Crippen LogP contribution in [-0.4, -0.2) is 47.8 Å². The van der Waals surface area contributed by atoms with Crippen molar-refractivity contribution in [1.82, 2.24) is 4.90 Å². The molecule has 1 fully saturated rings. The lowest BCUT2D eigenvalue weighted by atomic mass is 10.1. The number of anilines is 3. The summed E-state index contributed by atoms with van der Waals surface area (Å²) in [7, 11) is 0. The third-order valence-electron chi connectivity index (χ3n) is 5.01. The summed E-state index contributed by atoms with van der Waals surface area (Å²) in [5.41, 5.74) is 8.15. The highest BCUT2D eigenvalue weighted by Crippen LogP contribution is 2.30. The summed E-state index contributed by atoms with van der Waals surface area (Å²) in [5, 5.41) is 14.4. The monoisotopic (exact) mass is 397 g/mol. The normalized spacial score (nSPS) is 13.9. The number of benzene rings is 2. The Labute approximate surface area is 168 Å². The smallest absolute Gasteiger partial charge is 0.293 e. The minimum atomic E-state index is -0.491. The van der Waals surface area contributed by atoms with Gasteiger partial charge in [-0.3, -0.25) is 19.7 Å². The standard InChI is InChI=1S/C20H23N5O4/c1-13-3-5-16(21)12-17(13)22-20(27)15-4-6-18(19(11-15)25(28)29)24-9-7-23(8-10-24)14(2)26/h3-6,11-12H,7-10,21H2,1-2H3,(H,22,27). The van der Waals surface area contributed by atoms with E-state index < -0.39 is 10.8 Å². The average Bonchev–Trinajstić information content (AvgIpc) is 2.70. The van der Waals surface area contributed by atoms with Gasteiger partial charge in [0.1, 0.15) is 5.69 Å². The number of nitro benzene ring substituents is 1. The van der Waals surface area contributed by atoms with Crippen LogP contribution < -0.4 is 16.0 Å². The van der Waals surface area contributed by atoms with E-state index in [1.807, 2.05) is 11.8 Å². The molecule has 2 aromatic rings.